The lowest BCUT2D eigenvalue weighted by Gasteiger charge is -2.52. The van der Waals surface area contributed by atoms with Crippen molar-refractivity contribution in [3.05, 3.63) is 124 Å². The molecule has 5 heteroatoms. The van der Waals surface area contributed by atoms with Crippen LogP contribution in [0.3, 0.4) is 0 Å². The van der Waals surface area contributed by atoms with E-state index in [0.29, 0.717) is 5.75 Å². The highest BCUT2D eigenvalue weighted by Crippen LogP contribution is 2.67. The third-order valence-electron chi connectivity index (χ3n) is 12.0. The summed E-state index contributed by atoms with van der Waals surface area (Å²) in [6, 6.07) is 30.1. The SMILES string of the molecule is COc1ccc(C2(c3ccc(C)cc3)C=Cc3c4c(c5cc6c(cc5c3O2)OCC(F)N6C)-c2ccccc2C42CC(C)(C)CC(C)(C)C2)cc1. The van der Waals surface area contributed by atoms with Crippen LogP contribution in [0.4, 0.5) is 10.1 Å². The molecule has 1 fully saturated rings. The Kier molecular flexibility index (Phi) is 6.85. The summed E-state index contributed by atoms with van der Waals surface area (Å²) < 4.78 is 34.5. The molecule has 0 N–H and O–H groups in total. The number of likely N-dealkylation sites (N-methyl/N-ethyl adjacent to an activating group) is 1. The van der Waals surface area contributed by atoms with Crippen LogP contribution in [0.1, 0.15) is 80.3 Å². The molecule has 260 valence electrons. The smallest absolute Gasteiger partial charge is 0.206 e. The summed E-state index contributed by atoms with van der Waals surface area (Å²) in [5.41, 5.74) is 9.45. The summed E-state index contributed by atoms with van der Waals surface area (Å²) in [6.07, 6.45) is 6.60. The molecule has 1 saturated carbocycles. The van der Waals surface area contributed by atoms with Crippen molar-refractivity contribution in [2.75, 3.05) is 25.7 Å². The van der Waals surface area contributed by atoms with E-state index in [9.17, 15) is 0 Å². The molecule has 4 nitrogen and oxygen atoms in total. The topological polar surface area (TPSA) is 30.9 Å². The van der Waals surface area contributed by atoms with Crippen LogP contribution in [-0.2, 0) is 11.0 Å². The maximum atomic E-state index is 15.2. The Morgan fingerprint density at radius 1 is 0.824 bits per heavy atom. The highest BCUT2D eigenvalue weighted by atomic mass is 19.1. The van der Waals surface area contributed by atoms with E-state index in [-0.39, 0.29) is 22.9 Å². The molecular weight excluding hydrogens is 634 g/mol. The Hall–Kier alpha value is -4.77. The predicted octanol–water partition coefficient (Wildman–Crippen LogP) is 11.1. The number of methoxy groups -OCH3 is 1. The minimum absolute atomic E-state index is 0.0157. The number of anilines is 1. The van der Waals surface area contributed by atoms with E-state index < -0.39 is 11.9 Å². The van der Waals surface area contributed by atoms with Crippen LogP contribution < -0.4 is 19.1 Å². The molecule has 9 rings (SSSR count). The molecule has 0 aromatic heterocycles. The summed E-state index contributed by atoms with van der Waals surface area (Å²) in [5, 5.41) is 2.05. The van der Waals surface area contributed by atoms with Gasteiger partial charge in [0.1, 0.15) is 23.9 Å². The van der Waals surface area contributed by atoms with Crippen LogP contribution in [0.15, 0.2) is 91.0 Å². The van der Waals surface area contributed by atoms with Gasteiger partial charge in [0, 0.05) is 34.5 Å². The second-order valence-corrected chi connectivity index (χ2v) is 17.0. The zero-order valence-electron chi connectivity index (χ0n) is 30.7. The van der Waals surface area contributed by atoms with Gasteiger partial charge in [0.05, 0.1) is 12.8 Å². The van der Waals surface area contributed by atoms with Gasteiger partial charge in [-0.3, -0.25) is 0 Å². The normalized spacial score (nSPS) is 23.1. The number of ether oxygens (including phenoxy) is 3. The summed E-state index contributed by atoms with van der Waals surface area (Å²) in [6.45, 7) is 11.8. The van der Waals surface area contributed by atoms with Gasteiger partial charge in [-0.1, -0.05) is 100.0 Å². The molecule has 0 bridgehead atoms. The third-order valence-corrected chi connectivity index (χ3v) is 12.0. The molecular formula is C46H46FNO3. The first-order valence-corrected chi connectivity index (χ1v) is 18.2. The van der Waals surface area contributed by atoms with Crippen LogP contribution in [0.5, 0.6) is 17.2 Å². The summed E-state index contributed by atoms with van der Waals surface area (Å²) in [4.78, 5) is 1.71. The van der Waals surface area contributed by atoms with E-state index in [1.54, 1.807) is 12.0 Å². The lowest BCUT2D eigenvalue weighted by Crippen LogP contribution is -2.44. The fraction of sp³-hybridized carbons (Fsp3) is 0.348. The average Bonchev–Trinajstić information content (AvgIpc) is 3.36. The first-order chi connectivity index (χ1) is 24.3. The van der Waals surface area contributed by atoms with E-state index in [2.05, 4.69) is 120 Å². The van der Waals surface area contributed by atoms with Crippen LogP contribution in [0, 0.1) is 17.8 Å². The van der Waals surface area contributed by atoms with Crippen molar-refractivity contribution < 1.29 is 18.6 Å². The number of fused-ring (bicyclic) bond motifs is 11. The molecule has 4 aliphatic rings. The Bertz CT molecular complexity index is 2230. The van der Waals surface area contributed by atoms with Gasteiger partial charge < -0.3 is 19.1 Å². The quantitative estimate of drug-likeness (QED) is 0.178. The maximum Gasteiger partial charge on any atom is 0.206 e. The molecule has 2 heterocycles. The second-order valence-electron chi connectivity index (χ2n) is 17.0. The van der Waals surface area contributed by atoms with Crippen molar-refractivity contribution in [2.45, 2.75) is 71.2 Å². The van der Waals surface area contributed by atoms with Gasteiger partial charge in [0.15, 0.2) is 5.60 Å². The summed E-state index contributed by atoms with van der Waals surface area (Å²) >= 11 is 0. The zero-order chi connectivity index (χ0) is 35.5. The van der Waals surface area contributed by atoms with Gasteiger partial charge in [-0.15, -0.1) is 0 Å². The van der Waals surface area contributed by atoms with Gasteiger partial charge in [-0.05, 0) is 95.0 Å². The molecule has 2 unspecified atom stereocenters. The molecule has 5 aromatic rings. The molecule has 0 radical (unpaired) electrons. The minimum Gasteiger partial charge on any atom is -0.497 e. The van der Waals surface area contributed by atoms with Gasteiger partial charge in [-0.2, -0.15) is 0 Å². The van der Waals surface area contributed by atoms with Crippen molar-refractivity contribution >= 4 is 22.5 Å². The number of benzene rings is 5. The highest BCUT2D eigenvalue weighted by molar-refractivity contribution is 6.10. The largest absolute Gasteiger partial charge is 0.497 e. The molecule has 2 aliphatic heterocycles. The third kappa shape index (κ3) is 4.69. The van der Waals surface area contributed by atoms with E-state index in [0.717, 1.165) is 63.9 Å². The van der Waals surface area contributed by atoms with Crippen molar-refractivity contribution in [1.82, 2.24) is 0 Å². The van der Waals surface area contributed by atoms with Gasteiger partial charge in [-0.25, -0.2) is 4.39 Å². The lowest BCUT2D eigenvalue weighted by molar-refractivity contribution is 0.0642. The number of halogens is 1. The number of rotatable bonds is 3. The first-order valence-electron chi connectivity index (χ1n) is 18.2. The fourth-order valence-corrected chi connectivity index (χ4v) is 10.6. The number of hydrogen-bond donors (Lipinski definition) is 0. The van der Waals surface area contributed by atoms with Crippen molar-refractivity contribution in [1.29, 1.82) is 0 Å². The molecule has 2 aliphatic carbocycles. The molecule has 0 saturated heterocycles. The predicted molar refractivity (Wildman–Crippen MR) is 205 cm³/mol. The standard InChI is InChI=1S/C46H46FNO3/c1-28-12-14-29(15-13-28)46(30-16-18-31(49-7)19-17-30)21-20-33-41-40(34-22-37-38(23-35(34)42(33)51-46)50-24-39(47)48(37)6)32-10-8-9-11-36(32)45(41)26-43(2,3)25-44(4,5)27-45/h8-23,39H,24-27H2,1-7H3. The highest BCUT2D eigenvalue weighted by Gasteiger charge is 2.55. The monoisotopic (exact) mass is 679 g/mol. The molecule has 2 atom stereocenters. The molecule has 51 heavy (non-hydrogen) atoms. The van der Waals surface area contributed by atoms with Crippen molar-refractivity contribution in [3.8, 4) is 28.4 Å². The van der Waals surface area contributed by atoms with Crippen molar-refractivity contribution in [3.63, 3.8) is 0 Å². The van der Waals surface area contributed by atoms with E-state index in [1.165, 1.54) is 27.8 Å². The molecule has 5 aromatic carbocycles. The van der Waals surface area contributed by atoms with E-state index >= 15 is 4.39 Å². The second kappa shape index (κ2) is 10.9. The fourth-order valence-electron chi connectivity index (χ4n) is 10.6. The Labute approximate surface area is 300 Å². The van der Waals surface area contributed by atoms with Gasteiger partial charge in [0.2, 0.25) is 6.30 Å². The minimum atomic E-state index is -1.22. The first kappa shape index (κ1) is 32.2. The van der Waals surface area contributed by atoms with Crippen LogP contribution >= 0.6 is 0 Å². The van der Waals surface area contributed by atoms with E-state index in [1.807, 2.05) is 19.2 Å². The lowest BCUT2D eigenvalue weighted by atomic mass is 9.52. The Balaban J connectivity index is 1.40. The van der Waals surface area contributed by atoms with Crippen molar-refractivity contribution in [2.24, 2.45) is 10.8 Å². The Morgan fingerprint density at radius 2 is 1.49 bits per heavy atom. The number of alkyl halides is 1. The number of aryl methyl sites for hydroxylation is 1. The maximum absolute atomic E-state index is 15.2. The zero-order valence-corrected chi connectivity index (χ0v) is 30.7. The van der Waals surface area contributed by atoms with Crippen LogP contribution in [-0.4, -0.2) is 27.1 Å². The summed E-state index contributed by atoms with van der Waals surface area (Å²) in [7, 11) is 3.52. The van der Waals surface area contributed by atoms with Crippen LogP contribution in [0.25, 0.3) is 28.0 Å². The van der Waals surface area contributed by atoms with Gasteiger partial charge in [0.25, 0.3) is 0 Å². The number of nitrogens with zero attached hydrogens (tertiary/aromatic N) is 1. The van der Waals surface area contributed by atoms with Gasteiger partial charge >= 0.3 is 0 Å². The average molecular weight is 680 g/mol. The number of hydrogen-bond acceptors (Lipinski definition) is 4. The summed E-state index contributed by atoms with van der Waals surface area (Å²) in [5.74, 6) is 2.31. The Morgan fingerprint density at radius 3 is 2.18 bits per heavy atom. The van der Waals surface area contributed by atoms with E-state index in [4.69, 9.17) is 14.2 Å². The molecule has 0 amide bonds. The molecule has 1 spiro atoms. The van der Waals surface area contributed by atoms with Crippen LogP contribution in [0.2, 0.25) is 0 Å².